The van der Waals surface area contributed by atoms with E-state index < -0.39 is 72.6 Å². The van der Waals surface area contributed by atoms with Crippen LogP contribution in [0.1, 0.15) is 27.4 Å². The van der Waals surface area contributed by atoms with Crippen molar-refractivity contribution in [2.24, 2.45) is 0 Å². The lowest BCUT2D eigenvalue weighted by Crippen LogP contribution is -2.57. The highest BCUT2D eigenvalue weighted by Gasteiger charge is 2.51. The number of ether oxygens (including phenoxy) is 1. The Kier molecular flexibility index (Phi) is 7.44. The van der Waals surface area contributed by atoms with E-state index >= 15 is 0 Å². The summed E-state index contributed by atoms with van der Waals surface area (Å²) in [6.45, 7) is -2.44. The van der Waals surface area contributed by atoms with Crippen LogP contribution in [0.4, 0.5) is 26.3 Å². The summed E-state index contributed by atoms with van der Waals surface area (Å²) in [5.74, 6) is -2.65. The maximum absolute atomic E-state index is 13.6. The Morgan fingerprint density at radius 1 is 1.00 bits per heavy atom. The van der Waals surface area contributed by atoms with Crippen LogP contribution >= 0.6 is 0 Å². The number of alkyl halides is 6. The Balaban J connectivity index is 1.77. The maximum Gasteiger partial charge on any atom is 0.416 e. The first-order valence-electron chi connectivity index (χ1n) is 11.4. The zero-order valence-corrected chi connectivity index (χ0v) is 19.5. The number of nitrogens with zero attached hydrogens (tertiary/aromatic N) is 1. The van der Waals surface area contributed by atoms with E-state index in [-0.39, 0.29) is 17.0 Å². The first-order valence-corrected chi connectivity index (χ1v) is 11.4. The van der Waals surface area contributed by atoms with Gasteiger partial charge in [-0.1, -0.05) is 18.2 Å². The molecule has 1 heterocycles. The van der Waals surface area contributed by atoms with Crippen molar-refractivity contribution in [3.8, 4) is 5.75 Å². The number of hydrogen-bond acceptors (Lipinski definition) is 5. The maximum atomic E-state index is 13.6. The van der Waals surface area contributed by atoms with Crippen molar-refractivity contribution >= 4 is 11.8 Å². The van der Waals surface area contributed by atoms with Gasteiger partial charge in [0.2, 0.25) is 5.91 Å². The summed E-state index contributed by atoms with van der Waals surface area (Å²) in [5.41, 5.74) is -1.17. The van der Waals surface area contributed by atoms with Crippen molar-refractivity contribution in [3.63, 3.8) is 0 Å². The summed E-state index contributed by atoms with van der Waals surface area (Å²) in [6.07, 6.45) is -11.6. The molecule has 204 valence electrons. The Hall–Kier alpha value is -3.58. The van der Waals surface area contributed by atoms with E-state index in [2.05, 4.69) is 5.32 Å². The average Bonchev–Trinajstić information content (AvgIpc) is 3.25. The molecule has 2 aromatic carbocycles. The number of rotatable bonds is 6. The molecule has 4 rings (SSSR count). The minimum atomic E-state index is -4.95. The Morgan fingerprint density at radius 2 is 1.66 bits per heavy atom. The highest BCUT2D eigenvalue weighted by Crippen LogP contribution is 2.47. The predicted octanol–water partition coefficient (Wildman–Crippen LogP) is 3.03. The van der Waals surface area contributed by atoms with E-state index in [4.69, 9.17) is 9.84 Å². The van der Waals surface area contributed by atoms with Gasteiger partial charge in [-0.2, -0.15) is 26.3 Å². The van der Waals surface area contributed by atoms with Crippen LogP contribution in [0, 0.1) is 0 Å². The second-order valence-corrected chi connectivity index (χ2v) is 8.80. The monoisotopic (exact) mass is 544 g/mol. The van der Waals surface area contributed by atoms with Crippen LogP contribution in [0.5, 0.6) is 5.75 Å². The molecule has 2 amide bonds. The number of nitrogens with one attached hydrogen (secondary N) is 1. The molecule has 0 saturated carbocycles. The van der Waals surface area contributed by atoms with Gasteiger partial charge in [0, 0.05) is 23.2 Å². The molecule has 3 N–H and O–H groups in total. The number of amides is 2. The highest BCUT2D eigenvalue weighted by atomic mass is 19.4. The number of benzene rings is 2. The fourth-order valence-electron chi connectivity index (χ4n) is 4.66. The van der Waals surface area contributed by atoms with Gasteiger partial charge in [0.25, 0.3) is 5.91 Å². The SMILES string of the molecule is O=C(NCCO)C1=C[C@@H](N(CC(F)(F)F)C(=O)c2ccc(C(F)(F)F)cc2)[C@H](O)[C@H]2Oc3ccccc3[C@@H]12. The molecule has 1 aliphatic carbocycles. The van der Waals surface area contributed by atoms with E-state index in [9.17, 15) is 41.0 Å². The zero-order valence-electron chi connectivity index (χ0n) is 19.5. The fourth-order valence-corrected chi connectivity index (χ4v) is 4.66. The third kappa shape index (κ3) is 5.48. The lowest BCUT2D eigenvalue weighted by molar-refractivity contribution is -0.149. The number of carbonyl (C=O) groups excluding carboxylic acids is 2. The number of aliphatic hydroxyl groups excluding tert-OH is 2. The molecule has 7 nitrogen and oxygen atoms in total. The van der Waals surface area contributed by atoms with E-state index in [0.717, 1.165) is 18.2 Å². The zero-order chi connectivity index (χ0) is 27.8. The van der Waals surface area contributed by atoms with Crippen molar-refractivity contribution in [1.29, 1.82) is 0 Å². The quantitative estimate of drug-likeness (QED) is 0.486. The van der Waals surface area contributed by atoms with E-state index in [0.29, 0.717) is 23.4 Å². The van der Waals surface area contributed by atoms with Gasteiger partial charge in [-0.3, -0.25) is 9.59 Å². The van der Waals surface area contributed by atoms with Crippen molar-refractivity contribution < 1.29 is 50.9 Å². The number of aliphatic hydroxyl groups is 2. The van der Waals surface area contributed by atoms with Gasteiger partial charge in [-0.25, -0.2) is 0 Å². The van der Waals surface area contributed by atoms with Gasteiger partial charge in [-0.05, 0) is 36.4 Å². The first-order chi connectivity index (χ1) is 17.8. The summed E-state index contributed by atoms with van der Waals surface area (Å²) < 4.78 is 85.4. The molecule has 0 radical (unpaired) electrons. The van der Waals surface area contributed by atoms with E-state index in [1.54, 1.807) is 24.3 Å². The molecule has 0 fully saturated rings. The van der Waals surface area contributed by atoms with Crippen molar-refractivity contribution in [2.75, 3.05) is 19.7 Å². The second kappa shape index (κ2) is 10.3. The first kappa shape index (κ1) is 27.5. The van der Waals surface area contributed by atoms with E-state index in [1.165, 1.54) is 0 Å². The molecule has 0 saturated heterocycles. The van der Waals surface area contributed by atoms with Crippen molar-refractivity contribution in [2.45, 2.75) is 36.5 Å². The van der Waals surface area contributed by atoms with Gasteiger partial charge in [0.15, 0.2) is 0 Å². The molecule has 13 heteroatoms. The molecule has 2 aliphatic rings. The molecule has 0 aromatic heterocycles. The summed E-state index contributed by atoms with van der Waals surface area (Å²) >= 11 is 0. The van der Waals surface area contributed by atoms with E-state index in [1.807, 2.05) is 0 Å². The standard InChI is InChI=1S/C25H22F6N2O5/c26-24(27,28)12-33(23(37)13-5-7-14(8-6-13)25(29,30)31)17-11-16(22(36)32-9-10-34)19-15-3-1-2-4-18(15)38-21(19)20(17)35/h1-8,11,17,19-21,34-35H,9-10,12H2,(H,32,36)/t17-,19+,20+,21+/m1/s1. The third-order valence-electron chi connectivity index (χ3n) is 6.31. The van der Waals surface area contributed by atoms with Gasteiger partial charge < -0.3 is 25.2 Å². The van der Waals surface area contributed by atoms with Crippen molar-refractivity contribution in [1.82, 2.24) is 10.2 Å². The smallest absolute Gasteiger partial charge is 0.416 e. The van der Waals surface area contributed by atoms with Crippen molar-refractivity contribution in [3.05, 3.63) is 76.9 Å². The lowest BCUT2D eigenvalue weighted by atomic mass is 9.77. The molecule has 4 atom stereocenters. The Bertz CT molecular complexity index is 1230. The number of para-hydroxylation sites is 1. The van der Waals surface area contributed by atoms with Crippen LogP contribution in [0.25, 0.3) is 0 Å². The Morgan fingerprint density at radius 3 is 2.26 bits per heavy atom. The normalized spacial score (nSPS) is 22.6. The third-order valence-corrected chi connectivity index (χ3v) is 6.31. The second-order valence-electron chi connectivity index (χ2n) is 8.80. The topological polar surface area (TPSA) is 99.1 Å². The molecule has 38 heavy (non-hydrogen) atoms. The molecular weight excluding hydrogens is 522 g/mol. The van der Waals surface area contributed by atoms with Gasteiger partial charge >= 0.3 is 12.4 Å². The van der Waals surface area contributed by atoms with Gasteiger partial charge in [-0.15, -0.1) is 0 Å². The molecule has 0 bridgehead atoms. The minimum absolute atomic E-state index is 0.0870. The van der Waals surface area contributed by atoms with Crippen LogP contribution in [-0.4, -0.2) is 71.0 Å². The number of fused-ring (bicyclic) bond motifs is 3. The number of hydrogen-bond donors (Lipinski definition) is 3. The highest BCUT2D eigenvalue weighted by molar-refractivity contribution is 5.97. The largest absolute Gasteiger partial charge is 0.486 e. The van der Waals surface area contributed by atoms with Crippen LogP contribution < -0.4 is 10.1 Å². The average molecular weight is 544 g/mol. The Labute approximate surface area is 212 Å². The summed E-state index contributed by atoms with van der Waals surface area (Å²) in [4.78, 5) is 26.5. The molecule has 0 unspecified atom stereocenters. The van der Waals surface area contributed by atoms with Crippen LogP contribution in [0.15, 0.2) is 60.2 Å². The minimum Gasteiger partial charge on any atom is -0.486 e. The summed E-state index contributed by atoms with van der Waals surface area (Å²) in [6, 6.07) is 7.34. The number of carbonyl (C=O) groups is 2. The molecule has 0 spiro atoms. The van der Waals surface area contributed by atoms with Crippen LogP contribution in [0.2, 0.25) is 0 Å². The summed E-state index contributed by atoms with van der Waals surface area (Å²) in [7, 11) is 0. The summed E-state index contributed by atoms with van der Waals surface area (Å²) in [5, 5.41) is 22.7. The predicted molar refractivity (Wildman–Crippen MR) is 120 cm³/mol. The molecular formula is C25H22F6N2O5. The fraction of sp³-hybridized carbons (Fsp3) is 0.360. The molecule has 1 aliphatic heterocycles. The van der Waals surface area contributed by atoms with Gasteiger partial charge in [0.1, 0.15) is 24.5 Å². The lowest BCUT2D eigenvalue weighted by Gasteiger charge is -2.41. The van der Waals surface area contributed by atoms with Crippen LogP contribution in [0.3, 0.4) is 0 Å². The number of halogens is 6. The molecule has 2 aromatic rings. The van der Waals surface area contributed by atoms with Crippen LogP contribution in [-0.2, 0) is 11.0 Å². The van der Waals surface area contributed by atoms with Gasteiger partial charge in [0.05, 0.1) is 24.1 Å².